The lowest BCUT2D eigenvalue weighted by Gasteiger charge is -2.39. The number of benzene rings is 2. The lowest BCUT2D eigenvalue weighted by molar-refractivity contribution is 0.0985. The highest BCUT2D eigenvalue weighted by molar-refractivity contribution is 6.42. The first kappa shape index (κ1) is 23.2. The number of halogens is 2. The summed E-state index contributed by atoms with van der Waals surface area (Å²) in [5.74, 6) is 0.658. The van der Waals surface area contributed by atoms with Crippen LogP contribution >= 0.6 is 23.2 Å². The second-order valence-corrected chi connectivity index (χ2v) is 9.60. The number of amides is 2. The number of nitrogens with one attached hydrogen (secondary N) is 1. The molecule has 1 atom stereocenters. The van der Waals surface area contributed by atoms with Gasteiger partial charge in [-0.15, -0.1) is 0 Å². The van der Waals surface area contributed by atoms with Crippen LogP contribution in [0.25, 0.3) is 0 Å². The first-order valence-corrected chi connectivity index (χ1v) is 12.0. The zero-order valence-corrected chi connectivity index (χ0v) is 19.8. The predicted octanol–water partition coefficient (Wildman–Crippen LogP) is 4.64. The number of hydrogen-bond donors (Lipinski definition) is 2. The highest BCUT2D eigenvalue weighted by Gasteiger charge is 2.26. The topological polar surface area (TPSA) is 64.8 Å². The standard InChI is InChI=1S/C24H31Cl2N5O/c25-21-8-7-20(14-22(21)26)28-24(32)31-12-10-29(11-13-31)15-18-4-3-9-30(16-18)17-19-5-1-2-6-23(19)27/h1-2,5-8,14,18H,3-4,9-13,15-17,27H2,(H,28,32). The first-order chi connectivity index (χ1) is 15.5. The van der Waals surface area contributed by atoms with Crippen LogP contribution in [0, 0.1) is 5.92 Å². The molecule has 0 aliphatic carbocycles. The number of hydrogen-bond acceptors (Lipinski definition) is 4. The number of piperidine rings is 1. The minimum atomic E-state index is -0.0904. The Morgan fingerprint density at radius 2 is 1.78 bits per heavy atom. The summed E-state index contributed by atoms with van der Waals surface area (Å²) in [6.45, 7) is 7.50. The Labute approximate surface area is 200 Å². The average molecular weight is 476 g/mol. The van der Waals surface area contributed by atoms with E-state index in [2.05, 4.69) is 27.2 Å². The third kappa shape index (κ3) is 6.07. The van der Waals surface area contributed by atoms with Crippen molar-refractivity contribution >= 4 is 40.6 Å². The Morgan fingerprint density at radius 1 is 1.00 bits per heavy atom. The monoisotopic (exact) mass is 475 g/mol. The van der Waals surface area contributed by atoms with Crippen molar-refractivity contribution in [3.8, 4) is 0 Å². The maximum Gasteiger partial charge on any atom is 0.321 e. The van der Waals surface area contributed by atoms with Crippen LogP contribution in [0.3, 0.4) is 0 Å². The van der Waals surface area contributed by atoms with Gasteiger partial charge in [-0.2, -0.15) is 0 Å². The van der Waals surface area contributed by atoms with E-state index >= 15 is 0 Å². The Balaban J connectivity index is 1.22. The molecule has 2 aliphatic heterocycles. The van der Waals surface area contributed by atoms with E-state index < -0.39 is 0 Å². The molecule has 2 heterocycles. The van der Waals surface area contributed by atoms with Crippen molar-refractivity contribution in [1.82, 2.24) is 14.7 Å². The zero-order chi connectivity index (χ0) is 22.5. The van der Waals surface area contributed by atoms with E-state index in [0.29, 0.717) is 21.7 Å². The van der Waals surface area contributed by atoms with Crippen LogP contribution in [-0.4, -0.2) is 66.5 Å². The van der Waals surface area contributed by atoms with Gasteiger partial charge in [0.15, 0.2) is 0 Å². The van der Waals surface area contributed by atoms with E-state index in [9.17, 15) is 4.79 Å². The van der Waals surface area contributed by atoms with Crippen molar-refractivity contribution in [3.05, 3.63) is 58.1 Å². The van der Waals surface area contributed by atoms with Crippen molar-refractivity contribution in [2.45, 2.75) is 19.4 Å². The SMILES string of the molecule is Nc1ccccc1CN1CCCC(CN2CCN(C(=O)Nc3ccc(Cl)c(Cl)c3)CC2)C1. The summed E-state index contributed by atoms with van der Waals surface area (Å²) < 4.78 is 0. The molecule has 1 unspecified atom stereocenters. The molecular formula is C24H31Cl2N5O. The Bertz CT molecular complexity index is 932. The van der Waals surface area contributed by atoms with Gasteiger partial charge in [0.1, 0.15) is 0 Å². The summed E-state index contributed by atoms with van der Waals surface area (Å²) in [4.78, 5) is 19.5. The maximum absolute atomic E-state index is 12.6. The lowest BCUT2D eigenvalue weighted by atomic mass is 9.96. The molecule has 2 saturated heterocycles. The van der Waals surface area contributed by atoms with Crippen LogP contribution in [0.2, 0.25) is 10.0 Å². The Morgan fingerprint density at radius 3 is 2.53 bits per heavy atom. The van der Waals surface area contributed by atoms with Gasteiger partial charge in [-0.05, 0) is 55.1 Å². The molecule has 2 aromatic carbocycles. The van der Waals surface area contributed by atoms with Gasteiger partial charge in [0.2, 0.25) is 0 Å². The molecule has 0 aromatic heterocycles. The molecule has 2 fully saturated rings. The van der Waals surface area contributed by atoms with Crippen LogP contribution in [0.15, 0.2) is 42.5 Å². The second kappa shape index (κ2) is 10.8. The maximum atomic E-state index is 12.6. The molecule has 0 saturated carbocycles. The number of carbonyl (C=O) groups is 1. The molecule has 32 heavy (non-hydrogen) atoms. The minimum Gasteiger partial charge on any atom is -0.398 e. The molecule has 8 heteroatoms. The van der Waals surface area contributed by atoms with E-state index in [1.165, 1.54) is 18.4 Å². The molecule has 2 aliphatic rings. The summed E-state index contributed by atoms with van der Waals surface area (Å²) >= 11 is 12.0. The number of nitrogens with two attached hydrogens (primary N) is 1. The Hall–Kier alpha value is -1.99. The molecule has 172 valence electrons. The summed E-state index contributed by atoms with van der Waals surface area (Å²) in [5, 5.41) is 3.83. The van der Waals surface area contributed by atoms with Crippen LogP contribution < -0.4 is 11.1 Å². The third-order valence-corrected chi connectivity index (χ3v) is 7.14. The van der Waals surface area contributed by atoms with Gasteiger partial charge in [-0.3, -0.25) is 9.80 Å². The largest absolute Gasteiger partial charge is 0.398 e. The van der Waals surface area contributed by atoms with E-state index in [1.807, 2.05) is 17.0 Å². The van der Waals surface area contributed by atoms with Crippen molar-refractivity contribution < 1.29 is 4.79 Å². The third-order valence-electron chi connectivity index (χ3n) is 6.40. The molecule has 0 bridgehead atoms. The molecule has 0 radical (unpaired) electrons. The number of piperazine rings is 1. The quantitative estimate of drug-likeness (QED) is 0.618. The van der Waals surface area contributed by atoms with Gasteiger partial charge >= 0.3 is 6.03 Å². The van der Waals surface area contributed by atoms with Gasteiger partial charge in [0, 0.05) is 57.2 Å². The number of para-hydroxylation sites is 1. The molecular weight excluding hydrogens is 445 g/mol. The van der Waals surface area contributed by atoms with Crippen molar-refractivity contribution in [1.29, 1.82) is 0 Å². The molecule has 4 rings (SSSR count). The molecule has 0 spiro atoms. The minimum absolute atomic E-state index is 0.0904. The number of anilines is 2. The van der Waals surface area contributed by atoms with Gasteiger partial charge in [0.05, 0.1) is 10.0 Å². The zero-order valence-electron chi connectivity index (χ0n) is 18.3. The number of nitrogen functional groups attached to an aromatic ring is 1. The average Bonchev–Trinajstić information content (AvgIpc) is 2.79. The first-order valence-electron chi connectivity index (χ1n) is 11.3. The molecule has 2 aromatic rings. The smallest absolute Gasteiger partial charge is 0.321 e. The van der Waals surface area contributed by atoms with Crippen LogP contribution in [0.1, 0.15) is 18.4 Å². The van der Waals surface area contributed by atoms with Crippen LogP contribution in [0.4, 0.5) is 16.2 Å². The van der Waals surface area contributed by atoms with Gasteiger partial charge in [0.25, 0.3) is 0 Å². The summed E-state index contributed by atoms with van der Waals surface area (Å²) in [5.41, 5.74) is 8.89. The number of likely N-dealkylation sites (tertiary alicyclic amines) is 1. The fourth-order valence-corrected chi connectivity index (χ4v) is 4.94. The van der Waals surface area contributed by atoms with Gasteiger partial charge < -0.3 is 16.0 Å². The van der Waals surface area contributed by atoms with E-state index in [0.717, 1.165) is 58.0 Å². The van der Waals surface area contributed by atoms with Gasteiger partial charge in [-0.25, -0.2) is 4.79 Å². The summed E-state index contributed by atoms with van der Waals surface area (Å²) in [7, 11) is 0. The molecule has 6 nitrogen and oxygen atoms in total. The summed E-state index contributed by atoms with van der Waals surface area (Å²) in [6, 6.07) is 13.2. The predicted molar refractivity (Wildman–Crippen MR) is 132 cm³/mol. The van der Waals surface area contributed by atoms with Crippen LogP contribution in [0.5, 0.6) is 0 Å². The van der Waals surface area contributed by atoms with Crippen LogP contribution in [-0.2, 0) is 6.54 Å². The van der Waals surface area contributed by atoms with Crippen molar-refractivity contribution in [2.75, 3.05) is 56.9 Å². The van der Waals surface area contributed by atoms with Gasteiger partial charge in [-0.1, -0.05) is 41.4 Å². The highest BCUT2D eigenvalue weighted by atomic mass is 35.5. The molecule has 2 amide bonds. The second-order valence-electron chi connectivity index (χ2n) is 8.79. The number of urea groups is 1. The lowest BCUT2D eigenvalue weighted by Crippen LogP contribution is -2.52. The van der Waals surface area contributed by atoms with Crippen molar-refractivity contribution in [3.63, 3.8) is 0 Å². The molecule has 3 N–H and O–H groups in total. The van der Waals surface area contributed by atoms with E-state index in [-0.39, 0.29) is 6.03 Å². The normalized spacial score (nSPS) is 20.3. The fraction of sp³-hybridized carbons (Fsp3) is 0.458. The summed E-state index contributed by atoms with van der Waals surface area (Å²) in [6.07, 6.45) is 2.49. The fourth-order valence-electron chi connectivity index (χ4n) is 4.64. The number of carbonyl (C=O) groups excluding carboxylic acids is 1. The number of nitrogens with zero attached hydrogens (tertiary/aromatic N) is 3. The van der Waals surface area contributed by atoms with E-state index in [1.54, 1.807) is 18.2 Å². The number of rotatable bonds is 5. The van der Waals surface area contributed by atoms with Crippen molar-refractivity contribution in [2.24, 2.45) is 5.92 Å². The Kier molecular flexibility index (Phi) is 7.79. The highest BCUT2D eigenvalue weighted by Crippen LogP contribution is 2.25. The van der Waals surface area contributed by atoms with E-state index in [4.69, 9.17) is 28.9 Å².